The molecule has 0 saturated heterocycles. The fourth-order valence-electron chi connectivity index (χ4n) is 2.03. The van der Waals surface area contributed by atoms with Crippen molar-refractivity contribution in [1.29, 1.82) is 0 Å². The lowest BCUT2D eigenvalue weighted by atomic mass is 10.2. The highest BCUT2D eigenvalue weighted by atomic mass is 35.5. The number of carbonyl (C=O) groups is 2. The average molecular weight is 366 g/mol. The van der Waals surface area contributed by atoms with Gasteiger partial charge < -0.3 is 10.1 Å². The molecule has 0 aliphatic heterocycles. The molecule has 0 aliphatic carbocycles. The monoisotopic (exact) mass is 365 g/mol. The first-order valence-electron chi connectivity index (χ1n) is 7.49. The Labute approximate surface area is 150 Å². The number of ether oxygens (including phenoxy) is 1. The number of amides is 1. The van der Waals surface area contributed by atoms with E-state index in [2.05, 4.69) is 5.32 Å². The van der Waals surface area contributed by atoms with Crippen LogP contribution in [0, 0.1) is 0 Å². The van der Waals surface area contributed by atoms with Crippen molar-refractivity contribution < 1.29 is 14.3 Å². The van der Waals surface area contributed by atoms with E-state index in [1.165, 1.54) is 0 Å². The van der Waals surface area contributed by atoms with Gasteiger partial charge >= 0.3 is 5.97 Å². The summed E-state index contributed by atoms with van der Waals surface area (Å²) >= 11 is 11.9. The lowest BCUT2D eigenvalue weighted by Gasteiger charge is -2.09. The Kier molecular flexibility index (Phi) is 7.09. The van der Waals surface area contributed by atoms with Gasteiger partial charge in [-0.3, -0.25) is 9.59 Å². The number of halogens is 2. The number of rotatable bonds is 7. The molecule has 126 valence electrons. The van der Waals surface area contributed by atoms with E-state index in [1.54, 1.807) is 18.2 Å². The molecule has 0 bridgehead atoms. The third-order valence-electron chi connectivity index (χ3n) is 3.28. The summed E-state index contributed by atoms with van der Waals surface area (Å²) in [7, 11) is 0. The van der Waals surface area contributed by atoms with Crippen molar-refractivity contribution in [2.24, 2.45) is 0 Å². The summed E-state index contributed by atoms with van der Waals surface area (Å²) in [6.07, 6.45) is 0.655. The van der Waals surface area contributed by atoms with Crippen LogP contribution in [0.1, 0.15) is 18.4 Å². The van der Waals surface area contributed by atoms with Crippen LogP contribution in [0.25, 0.3) is 0 Å². The Morgan fingerprint density at radius 3 is 2.25 bits per heavy atom. The van der Waals surface area contributed by atoms with Gasteiger partial charge in [0.2, 0.25) is 5.91 Å². The van der Waals surface area contributed by atoms with E-state index in [-0.39, 0.29) is 18.7 Å². The number of hydrogen-bond acceptors (Lipinski definition) is 3. The van der Waals surface area contributed by atoms with Crippen LogP contribution in [-0.2, 0) is 20.7 Å². The number of benzene rings is 2. The first-order valence-corrected chi connectivity index (χ1v) is 8.25. The molecule has 0 saturated carbocycles. The molecule has 0 unspecified atom stereocenters. The zero-order valence-corrected chi connectivity index (χ0v) is 14.4. The van der Waals surface area contributed by atoms with Gasteiger partial charge in [0, 0.05) is 12.8 Å². The van der Waals surface area contributed by atoms with Crippen LogP contribution < -0.4 is 5.32 Å². The molecule has 0 heterocycles. The van der Waals surface area contributed by atoms with E-state index in [4.69, 9.17) is 27.9 Å². The number of hydrogen-bond donors (Lipinski definition) is 1. The van der Waals surface area contributed by atoms with Gasteiger partial charge in [-0.2, -0.15) is 0 Å². The molecule has 0 spiro atoms. The van der Waals surface area contributed by atoms with Gasteiger partial charge in [-0.1, -0.05) is 59.6 Å². The number of esters is 1. The summed E-state index contributed by atoms with van der Waals surface area (Å²) in [5.74, 6) is -0.753. The molecule has 0 aromatic heterocycles. The highest BCUT2D eigenvalue weighted by molar-refractivity contribution is 6.39. The molecule has 0 aliphatic rings. The molecule has 2 rings (SSSR count). The Morgan fingerprint density at radius 1 is 0.917 bits per heavy atom. The van der Waals surface area contributed by atoms with E-state index < -0.39 is 5.97 Å². The van der Waals surface area contributed by atoms with Gasteiger partial charge in [0.15, 0.2) is 0 Å². The predicted octanol–water partition coefficient (Wildman–Crippen LogP) is 4.50. The third kappa shape index (κ3) is 5.87. The quantitative estimate of drug-likeness (QED) is 0.735. The van der Waals surface area contributed by atoms with Crippen LogP contribution in [0.2, 0.25) is 10.0 Å². The molecule has 2 aromatic carbocycles. The minimum absolute atomic E-state index is 0.00267. The smallest absolute Gasteiger partial charge is 0.306 e. The normalized spacial score (nSPS) is 10.2. The summed E-state index contributed by atoms with van der Waals surface area (Å²) in [4.78, 5) is 23.6. The predicted molar refractivity (Wildman–Crippen MR) is 95.4 cm³/mol. The van der Waals surface area contributed by atoms with Crippen LogP contribution in [0.4, 0.5) is 5.69 Å². The molecular weight excluding hydrogens is 349 g/mol. The van der Waals surface area contributed by atoms with Crippen LogP contribution in [0.5, 0.6) is 0 Å². The Morgan fingerprint density at radius 2 is 1.58 bits per heavy atom. The van der Waals surface area contributed by atoms with E-state index in [0.29, 0.717) is 28.8 Å². The summed E-state index contributed by atoms with van der Waals surface area (Å²) in [6, 6.07) is 14.7. The van der Waals surface area contributed by atoms with Crippen molar-refractivity contribution >= 4 is 40.8 Å². The SMILES string of the molecule is O=C(CCC(=O)OCCc1ccccc1)Nc1c(Cl)cccc1Cl. The van der Waals surface area contributed by atoms with Crippen LogP contribution in [-0.4, -0.2) is 18.5 Å². The lowest BCUT2D eigenvalue weighted by Crippen LogP contribution is -2.15. The molecule has 24 heavy (non-hydrogen) atoms. The Hall–Kier alpha value is -2.04. The van der Waals surface area contributed by atoms with Crippen molar-refractivity contribution in [3.8, 4) is 0 Å². The van der Waals surface area contributed by atoms with E-state index in [9.17, 15) is 9.59 Å². The highest BCUT2D eigenvalue weighted by Gasteiger charge is 2.12. The maximum Gasteiger partial charge on any atom is 0.306 e. The fourth-order valence-corrected chi connectivity index (χ4v) is 2.53. The maximum atomic E-state index is 11.9. The molecule has 0 radical (unpaired) electrons. The first kappa shape index (κ1) is 18.3. The van der Waals surface area contributed by atoms with Crippen molar-refractivity contribution in [3.05, 3.63) is 64.1 Å². The van der Waals surface area contributed by atoms with Crippen molar-refractivity contribution in [2.45, 2.75) is 19.3 Å². The molecule has 2 aromatic rings. The summed E-state index contributed by atoms with van der Waals surface area (Å²) in [5, 5.41) is 3.30. The van der Waals surface area contributed by atoms with E-state index in [0.717, 1.165) is 5.56 Å². The van der Waals surface area contributed by atoms with Gasteiger partial charge in [0.25, 0.3) is 0 Å². The van der Waals surface area contributed by atoms with Crippen LogP contribution >= 0.6 is 23.2 Å². The summed E-state index contributed by atoms with van der Waals surface area (Å²) in [5.41, 5.74) is 1.44. The van der Waals surface area contributed by atoms with Crippen LogP contribution in [0.15, 0.2) is 48.5 Å². The van der Waals surface area contributed by atoms with E-state index >= 15 is 0 Å². The topological polar surface area (TPSA) is 55.4 Å². The van der Waals surface area contributed by atoms with Crippen molar-refractivity contribution in [3.63, 3.8) is 0 Å². The number of para-hydroxylation sites is 1. The lowest BCUT2D eigenvalue weighted by molar-refractivity contribution is -0.144. The maximum absolute atomic E-state index is 11.9. The van der Waals surface area contributed by atoms with Crippen molar-refractivity contribution in [2.75, 3.05) is 11.9 Å². The van der Waals surface area contributed by atoms with Gasteiger partial charge in [-0.25, -0.2) is 0 Å². The zero-order chi connectivity index (χ0) is 17.4. The minimum atomic E-state index is -0.411. The largest absolute Gasteiger partial charge is 0.465 e. The van der Waals surface area contributed by atoms with Crippen LogP contribution in [0.3, 0.4) is 0 Å². The average Bonchev–Trinajstić information content (AvgIpc) is 2.57. The second-order valence-electron chi connectivity index (χ2n) is 5.10. The molecule has 0 atom stereocenters. The summed E-state index contributed by atoms with van der Waals surface area (Å²) < 4.78 is 5.12. The Balaban J connectivity index is 1.70. The first-order chi connectivity index (χ1) is 11.6. The van der Waals surface area contributed by atoms with Gasteiger partial charge in [-0.05, 0) is 17.7 Å². The highest BCUT2D eigenvalue weighted by Crippen LogP contribution is 2.29. The molecule has 1 N–H and O–H groups in total. The minimum Gasteiger partial charge on any atom is -0.465 e. The fraction of sp³-hybridized carbons (Fsp3) is 0.222. The van der Waals surface area contributed by atoms with Crippen molar-refractivity contribution in [1.82, 2.24) is 0 Å². The second kappa shape index (κ2) is 9.30. The zero-order valence-electron chi connectivity index (χ0n) is 12.9. The molecule has 6 heteroatoms. The standard InChI is InChI=1S/C18H17Cl2NO3/c19-14-7-4-8-15(20)18(14)21-16(22)9-10-17(23)24-12-11-13-5-2-1-3-6-13/h1-8H,9-12H2,(H,21,22). The van der Waals surface area contributed by atoms with Gasteiger partial charge in [0.05, 0.1) is 28.8 Å². The molecular formula is C18H17Cl2NO3. The van der Waals surface area contributed by atoms with Gasteiger partial charge in [-0.15, -0.1) is 0 Å². The number of nitrogens with one attached hydrogen (secondary N) is 1. The molecule has 4 nitrogen and oxygen atoms in total. The molecule has 1 amide bonds. The third-order valence-corrected chi connectivity index (χ3v) is 3.91. The van der Waals surface area contributed by atoms with Gasteiger partial charge in [0.1, 0.15) is 0 Å². The summed E-state index contributed by atoms with van der Waals surface area (Å²) in [6.45, 7) is 0.292. The number of carbonyl (C=O) groups excluding carboxylic acids is 2. The second-order valence-corrected chi connectivity index (χ2v) is 5.92. The van der Waals surface area contributed by atoms with E-state index in [1.807, 2.05) is 30.3 Å². The Bertz CT molecular complexity index is 684. The number of anilines is 1. The molecule has 0 fully saturated rings.